The molecule has 16 heavy (non-hydrogen) atoms. The van der Waals surface area contributed by atoms with Crippen molar-refractivity contribution < 1.29 is 9.53 Å². The Labute approximate surface area is 107 Å². The van der Waals surface area contributed by atoms with Crippen LogP contribution in [0.3, 0.4) is 0 Å². The van der Waals surface area contributed by atoms with E-state index >= 15 is 0 Å². The van der Waals surface area contributed by atoms with Gasteiger partial charge >= 0.3 is 0 Å². The summed E-state index contributed by atoms with van der Waals surface area (Å²) in [6.45, 7) is 2.50. The van der Waals surface area contributed by atoms with Crippen molar-refractivity contribution in [3.63, 3.8) is 0 Å². The Morgan fingerprint density at radius 3 is 2.88 bits per heavy atom. The summed E-state index contributed by atoms with van der Waals surface area (Å²) in [5.41, 5.74) is 0. The Bertz CT molecular complexity index is 548. The molecule has 0 atom stereocenters. The molecule has 0 radical (unpaired) electrons. The standard InChI is InChI=1S/C11H8Cl2O2S/c1-2-15-6-3-4-8-7(5-6)9(12)10(16-8)11(13)14/h3-5H,2H2,1H3. The maximum absolute atomic E-state index is 11.1. The number of carbonyl (C=O) groups excluding carboxylic acids is 1. The van der Waals surface area contributed by atoms with Gasteiger partial charge in [0.1, 0.15) is 10.6 Å². The van der Waals surface area contributed by atoms with Gasteiger partial charge in [-0.3, -0.25) is 4.79 Å². The molecule has 0 N–H and O–H groups in total. The molecule has 0 amide bonds. The van der Waals surface area contributed by atoms with Crippen LogP contribution in [0.2, 0.25) is 5.02 Å². The highest BCUT2D eigenvalue weighted by atomic mass is 35.5. The lowest BCUT2D eigenvalue weighted by Gasteiger charge is -2.01. The third-order valence-electron chi connectivity index (χ3n) is 2.09. The van der Waals surface area contributed by atoms with Gasteiger partial charge in [0.2, 0.25) is 0 Å². The van der Waals surface area contributed by atoms with Gasteiger partial charge in [0, 0.05) is 10.1 Å². The van der Waals surface area contributed by atoms with Gasteiger partial charge in [-0.2, -0.15) is 0 Å². The van der Waals surface area contributed by atoms with Gasteiger partial charge in [0.15, 0.2) is 0 Å². The minimum Gasteiger partial charge on any atom is -0.494 e. The third kappa shape index (κ3) is 2.03. The highest BCUT2D eigenvalue weighted by Crippen LogP contribution is 2.37. The molecule has 0 fully saturated rings. The summed E-state index contributed by atoms with van der Waals surface area (Å²) in [6, 6.07) is 5.54. The van der Waals surface area contributed by atoms with Crippen LogP contribution in [-0.4, -0.2) is 11.8 Å². The molecular formula is C11H8Cl2O2S. The van der Waals surface area contributed by atoms with Crippen LogP contribution in [0.25, 0.3) is 10.1 Å². The molecule has 0 bridgehead atoms. The quantitative estimate of drug-likeness (QED) is 0.779. The van der Waals surface area contributed by atoms with E-state index < -0.39 is 5.24 Å². The minimum absolute atomic E-state index is 0.381. The molecule has 5 heteroatoms. The van der Waals surface area contributed by atoms with Gasteiger partial charge in [-0.15, -0.1) is 11.3 Å². The van der Waals surface area contributed by atoms with Crippen LogP contribution in [-0.2, 0) is 0 Å². The molecule has 2 nitrogen and oxygen atoms in total. The SMILES string of the molecule is CCOc1ccc2sc(C(=O)Cl)c(Cl)c2c1. The Hall–Kier alpha value is -0.770. The van der Waals surface area contributed by atoms with Crippen LogP contribution >= 0.6 is 34.5 Å². The van der Waals surface area contributed by atoms with Gasteiger partial charge in [-0.05, 0) is 36.7 Å². The van der Waals surface area contributed by atoms with Gasteiger partial charge in [-0.25, -0.2) is 0 Å². The lowest BCUT2D eigenvalue weighted by Crippen LogP contribution is -1.90. The first kappa shape index (κ1) is 11.7. The van der Waals surface area contributed by atoms with Crippen molar-refractivity contribution in [2.24, 2.45) is 0 Å². The Morgan fingerprint density at radius 2 is 2.25 bits per heavy atom. The number of carbonyl (C=O) groups is 1. The normalized spacial score (nSPS) is 10.7. The molecule has 0 aliphatic carbocycles. The number of benzene rings is 1. The first-order valence-electron chi connectivity index (χ1n) is 4.68. The maximum atomic E-state index is 11.1. The molecular weight excluding hydrogens is 267 g/mol. The number of halogens is 2. The zero-order chi connectivity index (χ0) is 11.7. The molecule has 2 aromatic rings. The van der Waals surface area contributed by atoms with E-state index in [1.165, 1.54) is 11.3 Å². The molecule has 1 heterocycles. The summed E-state index contributed by atoms with van der Waals surface area (Å²) in [6.07, 6.45) is 0. The topological polar surface area (TPSA) is 26.3 Å². The molecule has 0 aliphatic heterocycles. The monoisotopic (exact) mass is 274 g/mol. The van der Waals surface area contributed by atoms with Gasteiger partial charge in [0.05, 0.1) is 11.6 Å². The van der Waals surface area contributed by atoms with E-state index in [1.54, 1.807) is 0 Å². The summed E-state index contributed by atoms with van der Waals surface area (Å²) in [5.74, 6) is 0.739. The Morgan fingerprint density at radius 1 is 1.50 bits per heavy atom. The molecule has 1 aromatic carbocycles. The largest absolute Gasteiger partial charge is 0.494 e. The third-order valence-corrected chi connectivity index (χ3v) is 4.06. The molecule has 0 spiro atoms. The van der Waals surface area contributed by atoms with Gasteiger partial charge in [0.25, 0.3) is 5.24 Å². The van der Waals surface area contributed by atoms with Crippen molar-refractivity contribution in [3.8, 4) is 5.75 Å². The number of thiophene rings is 1. The fourth-order valence-corrected chi connectivity index (χ4v) is 3.01. The van der Waals surface area contributed by atoms with E-state index in [4.69, 9.17) is 27.9 Å². The second-order valence-electron chi connectivity index (χ2n) is 3.11. The van der Waals surface area contributed by atoms with Crippen LogP contribution < -0.4 is 4.74 Å². The fourth-order valence-electron chi connectivity index (χ4n) is 1.43. The van der Waals surface area contributed by atoms with Crippen molar-refractivity contribution in [1.82, 2.24) is 0 Å². The predicted molar refractivity (Wildman–Crippen MR) is 68.2 cm³/mol. The van der Waals surface area contributed by atoms with E-state index in [9.17, 15) is 4.79 Å². The van der Waals surface area contributed by atoms with Crippen LogP contribution in [0, 0.1) is 0 Å². The van der Waals surface area contributed by atoms with Crippen molar-refractivity contribution in [3.05, 3.63) is 28.1 Å². The summed E-state index contributed by atoms with van der Waals surface area (Å²) >= 11 is 12.8. The van der Waals surface area contributed by atoms with Crippen LogP contribution in [0.4, 0.5) is 0 Å². The number of hydrogen-bond acceptors (Lipinski definition) is 3. The number of hydrogen-bond donors (Lipinski definition) is 0. The second-order valence-corrected chi connectivity index (χ2v) is 4.88. The van der Waals surface area contributed by atoms with Crippen LogP contribution in [0.5, 0.6) is 5.75 Å². The summed E-state index contributed by atoms with van der Waals surface area (Å²) in [5, 5.41) is 0.687. The summed E-state index contributed by atoms with van der Waals surface area (Å²) in [4.78, 5) is 11.5. The van der Waals surface area contributed by atoms with E-state index in [0.717, 1.165) is 15.8 Å². The highest BCUT2D eigenvalue weighted by molar-refractivity contribution is 7.23. The number of rotatable bonds is 3. The van der Waals surface area contributed by atoms with Crippen molar-refractivity contribution in [1.29, 1.82) is 0 Å². The predicted octanol–water partition coefficient (Wildman–Crippen LogP) is 4.33. The Kier molecular flexibility index (Phi) is 3.38. The van der Waals surface area contributed by atoms with Crippen molar-refractivity contribution in [2.75, 3.05) is 6.61 Å². The molecule has 0 saturated carbocycles. The molecule has 84 valence electrons. The van der Waals surface area contributed by atoms with Crippen molar-refractivity contribution >= 4 is 49.9 Å². The first-order chi connectivity index (χ1) is 7.63. The Balaban J connectivity index is 2.59. The minimum atomic E-state index is -0.524. The van der Waals surface area contributed by atoms with E-state index in [2.05, 4.69) is 0 Å². The molecule has 0 unspecified atom stereocenters. The second kappa shape index (κ2) is 4.62. The van der Waals surface area contributed by atoms with E-state index in [-0.39, 0.29) is 0 Å². The lowest BCUT2D eigenvalue weighted by molar-refractivity contribution is 0.108. The number of fused-ring (bicyclic) bond motifs is 1. The molecule has 1 aromatic heterocycles. The van der Waals surface area contributed by atoms with E-state index in [1.807, 2.05) is 25.1 Å². The maximum Gasteiger partial charge on any atom is 0.263 e. The molecule has 0 aliphatic rings. The van der Waals surface area contributed by atoms with Crippen molar-refractivity contribution in [2.45, 2.75) is 6.92 Å². The summed E-state index contributed by atoms with van der Waals surface area (Å²) in [7, 11) is 0. The van der Waals surface area contributed by atoms with Gasteiger partial charge in [-0.1, -0.05) is 11.6 Å². The average Bonchev–Trinajstić information content (AvgIpc) is 2.57. The smallest absolute Gasteiger partial charge is 0.263 e. The zero-order valence-electron chi connectivity index (χ0n) is 8.42. The van der Waals surface area contributed by atoms with Crippen LogP contribution in [0.15, 0.2) is 18.2 Å². The zero-order valence-corrected chi connectivity index (χ0v) is 10.7. The lowest BCUT2D eigenvalue weighted by atomic mass is 10.2. The molecule has 2 rings (SSSR count). The van der Waals surface area contributed by atoms with Gasteiger partial charge < -0.3 is 4.74 Å². The fraction of sp³-hybridized carbons (Fsp3) is 0.182. The summed E-state index contributed by atoms with van der Waals surface area (Å²) < 4.78 is 6.29. The van der Waals surface area contributed by atoms with E-state index in [0.29, 0.717) is 16.5 Å². The highest BCUT2D eigenvalue weighted by Gasteiger charge is 2.15. The average molecular weight is 275 g/mol. The first-order valence-corrected chi connectivity index (χ1v) is 6.25. The van der Waals surface area contributed by atoms with Crippen LogP contribution in [0.1, 0.15) is 16.6 Å². The number of ether oxygens (including phenoxy) is 1. The molecule has 0 saturated heterocycles.